The van der Waals surface area contributed by atoms with E-state index < -0.39 is 16.4 Å². The van der Waals surface area contributed by atoms with Gasteiger partial charge < -0.3 is 5.32 Å². The molecule has 2 aliphatic rings. The minimum Gasteiger partial charge on any atom is -0.382 e. The number of nitrogens with zero attached hydrogens (tertiary/aromatic N) is 1. The molecule has 2 fully saturated rings. The van der Waals surface area contributed by atoms with E-state index >= 15 is 0 Å². The van der Waals surface area contributed by atoms with E-state index in [0.717, 1.165) is 18.3 Å². The lowest BCUT2D eigenvalue weighted by Crippen LogP contribution is -2.18. The van der Waals surface area contributed by atoms with Crippen molar-refractivity contribution in [2.24, 2.45) is 11.8 Å². The Kier molecular flexibility index (Phi) is 2.28. The van der Waals surface area contributed by atoms with Gasteiger partial charge in [-0.25, -0.2) is 0 Å². The second kappa shape index (κ2) is 3.68. The van der Waals surface area contributed by atoms with Gasteiger partial charge in [-0.05, 0) is 37.2 Å². The van der Waals surface area contributed by atoms with E-state index in [0.29, 0.717) is 11.7 Å². The minimum atomic E-state index is -0.773. The van der Waals surface area contributed by atoms with Crippen molar-refractivity contribution in [1.82, 2.24) is 0 Å². The summed E-state index contributed by atoms with van der Waals surface area (Å²) in [7, 11) is 0. The summed E-state index contributed by atoms with van der Waals surface area (Å²) in [6.45, 7) is 0. The zero-order valence-corrected chi connectivity index (χ0v) is 9.23. The Morgan fingerprint density at radius 2 is 2.24 bits per heavy atom. The quantitative estimate of drug-likeness (QED) is 0.648. The standard InChI is InChI=1S/C12H13FN2O2/c13-10-6-8(2-4-12(10)15(16)17)14-11-3-1-7-5-9(7)11/h2,4,6-7,9,11,14H,1,3,5H2/t7-,9+,11?/m0/s1. The van der Waals surface area contributed by atoms with Crippen molar-refractivity contribution in [3.05, 3.63) is 34.1 Å². The normalized spacial score (nSPS) is 29.8. The molecule has 4 nitrogen and oxygen atoms in total. The van der Waals surface area contributed by atoms with Crippen molar-refractivity contribution in [2.75, 3.05) is 5.32 Å². The number of fused-ring (bicyclic) bond motifs is 1. The minimum absolute atomic E-state index is 0.417. The molecule has 90 valence electrons. The second-order valence-electron chi connectivity index (χ2n) is 4.91. The summed E-state index contributed by atoms with van der Waals surface area (Å²) in [5.74, 6) is 0.814. The van der Waals surface area contributed by atoms with E-state index in [1.165, 1.54) is 25.0 Å². The van der Waals surface area contributed by atoms with Crippen LogP contribution in [0.3, 0.4) is 0 Å². The van der Waals surface area contributed by atoms with Gasteiger partial charge in [-0.15, -0.1) is 0 Å². The summed E-state index contributed by atoms with van der Waals surface area (Å²) in [5.41, 5.74) is 0.178. The molecule has 5 heteroatoms. The molecule has 3 atom stereocenters. The van der Waals surface area contributed by atoms with E-state index in [2.05, 4.69) is 5.32 Å². The smallest absolute Gasteiger partial charge is 0.304 e. The molecule has 0 amide bonds. The van der Waals surface area contributed by atoms with Gasteiger partial charge in [0.2, 0.25) is 5.82 Å². The van der Waals surface area contributed by atoms with Gasteiger partial charge in [0.1, 0.15) is 0 Å². The maximum Gasteiger partial charge on any atom is 0.304 e. The van der Waals surface area contributed by atoms with Crippen LogP contribution in [0.4, 0.5) is 15.8 Å². The van der Waals surface area contributed by atoms with Gasteiger partial charge in [0, 0.05) is 23.9 Å². The van der Waals surface area contributed by atoms with Crippen molar-refractivity contribution in [2.45, 2.75) is 25.3 Å². The molecule has 0 heterocycles. The second-order valence-corrected chi connectivity index (χ2v) is 4.91. The molecule has 2 aliphatic carbocycles. The molecule has 1 unspecified atom stereocenters. The highest BCUT2D eigenvalue weighted by atomic mass is 19.1. The Morgan fingerprint density at radius 3 is 2.76 bits per heavy atom. The van der Waals surface area contributed by atoms with Gasteiger partial charge in [-0.2, -0.15) is 4.39 Å². The first-order valence-electron chi connectivity index (χ1n) is 5.85. The van der Waals surface area contributed by atoms with Crippen molar-refractivity contribution in [1.29, 1.82) is 0 Å². The highest BCUT2D eigenvalue weighted by Gasteiger charge is 2.47. The first kappa shape index (κ1) is 10.5. The van der Waals surface area contributed by atoms with Crippen molar-refractivity contribution in [3.8, 4) is 0 Å². The van der Waals surface area contributed by atoms with Crippen molar-refractivity contribution >= 4 is 11.4 Å². The van der Waals surface area contributed by atoms with Crippen LogP contribution in [-0.4, -0.2) is 11.0 Å². The van der Waals surface area contributed by atoms with Gasteiger partial charge in [0.15, 0.2) is 0 Å². The molecular formula is C12H13FN2O2. The molecule has 3 rings (SSSR count). The summed E-state index contributed by atoms with van der Waals surface area (Å²) in [5, 5.41) is 13.8. The first-order chi connectivity index (χ1) is 8.15. The number of halogens is 1. The molecule has 0 bridgehead atoms. The monoisotopic (exact) mass is 236 g/mol. The number of anilines is 1. The van der Waals surface area contributed by atoms with Crippen LogP contribution in [0.5, 0.6) is 0 Å². The van der Waals surface area contributed by atoms with E-state index in [1.807, 2.05) is 0 Å². The summed E-state index contributed by atoms with van der Waals surface area (Å²) >= 11 is 0. The molecule has 0 aromatic heterocycles. The molecule has 0 spiro atoms. The largest absolute Gasteiger partial charge is 0.382 e. The molecule has 0 aliphatic heterocycles. The third-order valence-electron chi connectivity index (χ3n) is 3.84. The lowest BCUT2D eigenvalue weighted by atomic mass is 10.1. The molecule has 1 aromatic rings. The molecule has 1 aromatic carbocycles. The highest BCUT2D eigenvalue weighted by molar-refractivity contribution is 5.50. The van der Waals surface area contributed by atoms with Crippen molar-refractivity contribution < 1.29 is 9.31 Å². The van der Waals surface area contributed by atoms with Crippen LogP contribution in [0.15, 0.2) is 18.2 Å². The highest BCUT2D eigenvalue weighted by Crippen LogP contribution is 2.52. The number of nitro groups is 1. The van der Waals surface area contributed by atoms with Gasteiger partial charge in [-0.1, -0.05) is 0 Å². The summed E-state index contributed by atoms with van der Waals surface area (Å²) in [6, 6.07) is 4.43. The van der Waals surface area contributed by atoms with Gasteiger partial charge in [-0.3, -0.25) is 10.1 Å². The topological polar surface area (TPSA) is 55.2 Å². The van der Waals surface area contributed by atoms with Crippen molar-refractivity contribution in [3.63, 3.8) is 0 Å². The number of hydrogen-bond donors (Lipinski definition) is 1. The average Bonchev–Trinajstić information content (AvgIpc) is 2.95. The Labute approximate surface area is 98.0 Å². The van der Waals surface area contributed by atoms with E-state index in [-0.39, 0.29) is 0 Å². The van der Waals surface area contributed by atoms with Crippen LogP contribution in [0.25, 0.3) is 0 Å². The van der Waals surface area contributed by atoms with Crippen LogP contribution in [0.1, 0.15) is 19.3 Å². The number of hydrogen-bond acceptors (Lipinski definition) is 3. The molecule has 17 heavy (non-hydrogen) atoms. The first-order valence-corrected chi connectivity index (χ1v) is 5.85. The Bertz CT molecular complexity index is 478. The van der Waals surface area contributed by atoms with Crippen LogP contribution in [-0.2, 0) is 0 Å². The fourth-order valence-corrected chi connectivity index (χ4v) is 2.84. The number of rotatable bonds is 3. The molecule has 0 saturated heterocycles. The Balaban J connectivity index is 1.75. The molecule has 0 radical (unpaired) electrons. The molecule has 2 saturated carbocycles. The average molecular weight is 236 g/mol. The maximum atomic E-state index is 13.4. The number of nitro benzene ring substituents is 1. The maximum absolute atomic E-state index is 13.4. The lowest BCUT2D eigenvalue weighted by Gasteiger charge is -2.15. The zero-order valence-electron chi connectivity index (χ0n) is 9.23. The van der Waals surface area contributed by atoms with E-state index in [9.17, 15) is 14.5 Å². The third-order valence-corrected chi connectivity index (χ3v) is 3.84. The Hall–Kier alpha value is -1.65. The fraction of sp³-hybridized carbons (Fsp3) is 0.500. The SMILES string of the molecule is O=[N+]([O-])c1ccc(NC2CC[C@H]3C[C@@H]23)cc1F. The fourth-order valence-electron chi connectivity index (χ4n) is 2.84. The summed E-state index contributed by atoms with van der Waals surface area (Å²) < 4.78 is 13.4. The third kappa shape index (κ3) is 1.85. The summed E-state index contributed by atoms with van der Waals surface area (Å²) in [6.07, 6.45) is 3.64. The predicted molar refractivity (Wildman–Crippen MR) is 61.3 cm³/mol. The predicted octanol–water partition coefficient (Wildman–Crippen LogP) is 2.94. The number of benzene rings is 1. The summed E-state index contributed by atoms with van der Waals surface area (Å²) in [4.78, 5) is 9.78. The van der Waals surface area contributed by atoms with E-state index in [1.54, 1.807) is 6.07 Å². The van der Waals surface area contributed by atoms with E-state index in [4.69, 9.17) is 0 Å². The van der Waals surface area contributed by atoms with Crippen LogP contribution < -0.4 is 5.32 Å². The van der Waals surface area contributed by atoms with Gasteiger partial charge in [0.25, 0.3) is 0 Å². The van der Waals surface area contributed by atoms with Crippen LogP contribution >= 0.6 is 0 Å². The molecular weight excluding hydrogens is 223 g/mol. The van der Waals surface area contributed by atoms with Crippen LogP contribution in [0.2, 0.25) is 0 Å². The number of nitrogens with one attached hydrogen (secondary N) is 1. The zero-order chi connectivity index (χ0) is 12.0. The van der Waals surface area contributed by atoms with Gasteiger partial charge in [0.05, 0.1) is 4.92 Å². The van der Waals surface area contributed by atoms with Crippen LogP contribution in [0, 0.1) is 27.8 Å². The van der Waals surface area contributed by atoms with Gasteiger partial charge >= 0.3 is 5.69 Å². The Morgan fingerprint density at radius 1 is 1.41 bits per heavy atom. The molecule has 1 N–H and O–H groups in total. The lowest BCUT2D eigenvalue weighted by molar-refractivity contribution is -0.387.